The maximum atomic E-state index is 10.6. The van der Waals surface area contributed by atoms with Crippen LogP contribution in [0.1, 0.15) is 120 Å². The average Bonchev–Trinajstić information content (AvgIpc) is 3.05. The Kier molecular flexibility index (Phi) is 20.2. The summed E-state index contributed by atoms with van der Waals surface area (Å²) in [5, 5.41) is 41.0. The summed E-state index contributed by atoms with van der Waals surface area (Å²) in [7, 11) is 0. The second-order valence-corrected chi connectivity index (χ2v) is 12.0. The molecule has 250 valence electrons. The molecule has 0 heterocycles. The molecule has 4 N–H and O–H groups in total. The number of phenolic OH excluding ortho intramolecular Hbond substituents is 4. The largest absolute Gasteiger partial charge is 0.504 e. The fourth-order valence-corrected chi connectivity index (χ4v) is 5.61. The Hall–Kier alpha value is -3.92. The maximum absolute atomic E-state index is 10.6. The van der Waals surface area contributed by atoms with Crippen LogP contribution in [0.4, 0.5) is 0 Å². The lowest BCUT2D eigenvalue weighted by atomic mass is 9.89. The zero-order valence-electron chi connectivity index (χ0n) is 28.3. The highest BCUT2D eigenvalue weighted by atomic mass is 16.3. The number of hydrogen-bond acceptors (Lipinski definition) is 4. The highest BCUT2D eigenvalue weighted by Crippen LogP contribution is 2.36. The minimum absolute atomic E-state index is 0.000678. The summed E-state index contributed by atoms with van der Waals surface area (Å²) in [6, 6.07) is 8.97. The van der Waals surface area contributed by atoms with Crippen molar-refractivity contribution in [1.29, 1.82) is 0 Å². The first kappa shape index (κ1) is 38.3. The SMILES string of the molecule is CC=CC=CC=CCCCCCCCCc1cc(C(C=CC=CC=CC)CCCCCCCc2cccc(O)c2O)cc(O)c1O. The maximum Gasteiger partial charge on any atom is 0.160 e. The van der Waals surface area contributed by atoms with Crippen LogP contribution in [0.2, 0.25) is 0 Å². The number of hydrogen-bond donors (Lipinski definition) is 4. The van der Waals surface area contributed by atoms with Crippen molar-refractivity contribution in [2.45, 2.75) is 116 Å². The van der Waals surface area contributed by atoms with Crippen molar-refractivity contribution in [1.82, 2.24) is 0 Å². The van der Waals surface area contributed by atoms with Crippen LogP contribution in [-0.4, -0.2) is 20.4 Å². The van der Waals surface area contributed by atoms with Gasteiger partial charge in [0.25, 0.3) is 0 Å². The van der Waals surface area contributed by atoms with Crippen LogP contribution in [0, 0.1) is 0 Å². The van der Waals surface area contributed by atoms with Crippen molar-refractivity contribution in [3.05, 3.63) is 120 Å². The molecule has 0 aliphatic carbocycles. The van der Waals surface area contributed by atoms with Gasteiger partial charge in [0.05, 0.1) is 0 Å². The quantitative estimate of drug-likeness (QED) is 0.0562. The summed E-state index contributed by atoms with van der Waals surface area (Å²) in [6.07, 6.45) is 40.7. The second-order valence-electron chi connectivity index (χ2n) is 12.0. The molecule has 0 amide bonds. The number of unbranched alkanes of at least 4 members (excludes halogenated alkanes) is 10. The minimum Gasteiger partial charge on any atom is -0.504 e. The average molecular weight is 627 g/mol. The van der Waals surface area contributed by atoms with E-state index in [0.29, 0.717) is 0 Å². The van der Waals surface area contributed by atoms with Gasteiger partial charge in [0, 0.05) is 5.92 Å². The number of rotatable bonds is 23. The molecule has 46 heavy (non-hydrogen) atoms. The molecular formula is C42H58O4. The Balaban J connectivity index is 1.84. The highest BCUT2D eigenvalue weighted by Gasteiger charge is 2.15. The molecule has 0 spiro atoms. The van der Waals surface area contributed by atoms with E-state index in [0.717, 1.165) is 87.3 Å². The smallest absolute Gasteiger partial charge is 0.160 e. The summed E-state index contributed by atoms with van der Waals surface area (Å²) in [5.41, 5.74) is 2.69. The van der Waals surface area contributed by atoms with Crippen LogP contribution < -0.4 is 0 Å². The molecule has 2 aromatic rings. The van der Waals surface area contributed by atoms with Crippen LogP contribution in [-0.2, 0) is 12.8 Å². The van der Waals surface area contributed by atoms with Crippen molar-refractivity contribution >= 4 is 0 Å². The van der Waals surface area contributed by atoms with E-state index in [9.17, 15) is 20.4 Å². The molecule has 0 saturated heterocycles. The van der Waals surface area contributed by atoms with Gasteiger partial charge in [0.2, 0.25) is 0 Å². The van der Waals surface area contributed by atoms with E-state index in [1.807, 2.05) is 62.4 Å². The third kappa shape index (κ3) is 15.9. The number of allylic oxidation sites excluding steroid dienone is 12. The van der Waals surface area contributed by atoms with Crippen LogP contribution >= 0.6 is 0 Å². The minimum atomic E-state index is -0.0557. The van der Waals surface area contributed by atoms with E-state index >= 15 is 0 Å². The van der Waals surface area contributed by atoms with Gasteiger partial charge in [-0.1, -0.05) is 142 Å². The Morgan fingerprint density at radius 3 is 1.80 bits per heavy atom. The third-order valence-corrected chi connectivity index (χ3v) is 8.28. The Bertz CT molecular complexity index is 1290. The van der Waals surface area contributed by atoms with Crippen molar-refractivity contribution < 1.29 is 20.4 Å². The predicted octanol–water partition coefficient (Wildman–Crippen LogP) is 11.8. The van der Waals surface area contributed by atoms with Crippen molar-refractivity contribution in [3.63, 3.8) is 0 Å². The van der Waals surface area contributed by atoms with E-state index in [4.69, 9.17) is 0 Å². The van der Waals surface area contributed by atoms with Gasteiger partial charge in [-0.15, -0.1) is 0 Å². The van der Waals surface area contributed by atoms with Gasteiger partial charge in [-0.2, -0.15) is 0 Å². The molecule has 0 radical (unpaired) electrons. The van der Waals surface area contributed by atoms with Gasteiger partial charge in [-0.25, -0.2) is 0 Å². The van der Waals surface area contributed by atoms with E-state index in [1.54, 1.807) is 12.1 Å². The molecule has 0 aliphatic heterocycles. The number of aromatic hydroxyl groups is 4. The van der Waals surface area contributed by atoms with Gasteiger partial charge >= 0.3 is 0 Å². The molecule has 0 aliphatic rings. The first-order valence-electron chi connectivity index (χ1n) is 17.4. The zero-order chi connectivity index (χ0) is 33.2. The number of phenols is 4. The van der Waals surface area contributed by atoms with Crippen molar-refractivity contribution in [2.24, 2.45) is 0 Å². The molecule has 1 unspecified atom stereocenters. The van der Waals surface area contributed by atoms with E-state index in [2.05, 4.69) is 36.4 Å². The van der Waals surface area contributed by atoms with Crippen LogP contribution in [0.25, 0.3) is 0 Å². The van der Waals surface area contributed by atoms with E-state index in [-0.39, 0.29) is 28.9 Å². The second kappa shape index (κ2) is 24.3. The molecule has 2 rings (SSSR count). The number of benzene rings is 2. The molecule has 4 heteroatoms. The summed E-state index contributed by atoms with van der Waals surface area (Å²) in [4.78, 5) is 0. The van der Waals surface area contributed by atoms with Gasteiger partial charge in [0.1, 0.15) is 0 Å². The van der Waals surface area contributed by atoms with Gasteiger partial charge < -0.3 is 20.4 Å². The first-order chi connectivity index (χ1) is 22.5. The van der Waals surface area contributed by atoms with E-state index in [1.165, 1.54) is 31.7 Å². The molecule has 0 bridgehead atoms. The normalized spacial score (nSPS) is 13.2. The summed E-state index contributed by atoms with van der Waals surface area (Å²) in [6.45, 7) is 4.01. The monoisotopic (exact) mass is 626 g/mol. The van der Waals surface area contributed by atoms with Gasteiger partial charge in [0.15, 0.2) is 23.0 Å². The van der Waals surface area contributed by atoms with Crippen LogP contribution in [0.5, 0.6) is 23.0 Å². The lowest BCUT2D eigenvalue weighted by molar-refractivity contribution is 0.397. The molecule has 2 aromatic carbocycles. The Morgan fingerprint density at radius 2 is 1.11 bits per heavy atom. The third-order valence-electron chi connectivity index (χ3n) is 8.28. The molecular weight excluding hydrogens is 568 g/mol. The fraction of sp³-hybridized carbons (Fsp3) is 0.429. The number of para-hydroxylation sites is 1. The molecule has 1 atom stereocenters. The summed E-state index contributed by atoms with van der Waals surface area (Å²) < 4.78 is 0. The van der Waals surface area contributed by atoms with Gasteiger partial charge in [-0.05, 0) is 87.6 Å². The van der Waals surface area contributed by atoms with Gasteiger partial charge in [-0.3, -0.25) is 0 Å². The lowest BCUT2D eigenvalue weighted by Crippen LogP contribution is -1.99. The first-order valence-corrected chi connectivity index (χ1v) is 17.4. The molecule has 0 aromatic heterocycles. The Labute approximate surface area is 278 Å². The topological polar surface area (TPSA) is 80.9 Å². The fourth-order valence-electron chi connectivity index (χ4n) is 5.61. The summed E-state index contributed by atoms with van der Waals surface area (Å²) >= 11 is 0. The highest BCUT2D eigenvalue weighted by molar-refractivity contribution is 5.49. The molecule has 4 nitrogen and oxygen atoms in total. The Morgan fingerprint density at radius 1 is 0.543 bits per heavy atom. The number of aryl methyl sites for hydroxylation is 2. The van der Waals surface area contributed by atoms with Crippen LogP contribution in [0.15, 0.2) is 103 Å². The lowest BCUT2D eigenvalue weighted by Gasteiger charge is -2.17. The summed E-state index contributed by atoms with van der Waals surface area (Å²) in [5.74, 6) is 0.0877. The standard InChI is InChI=1S/C42H58O4/c1-3-5-7-9-10-11-12-13-14-15-16-19-25-30-37-33-38(34-40(44)42(37)46)35(27-22-18-8-6-4-2)28-23-20-17-21-24-29-36-31-26-32-39(43)41(36)45/h3-11,18,22,26-27,31-35,43-46H,12-17,19-21,23-25,28-30H2,1-2H3. The van der Waals surface area contributed by atoms with Crippen molar-refractivity contribution in [2.75, 3.05) is 0 Å². The van der Waals surface area contributed by atoms with Crippen LogP contribution in [0.3, 0.4) is 0 Å². The van der Waals surface area contributed by atoms with E-state index < -0.39 is 0 Å². The molecule has 0 fully saturated rings. The van der Waals surface area contributed by atoms with Crippen molar-refractivity contribution in [3.8, 4) is 23.0 Å². The molecule has 0 saturated carbocycles. The zero-order valence-corrected chi connectivity index (χ0v) is 28.3. The predicted molar refractivity (Wildman–Crippen MR) is 196 cm³/mol.